The predicted molar refractivity (Wildman–Crippen MR) is 118 cm³/mol. The van der Waals surface area contributed by atoms with E-state index in [2.05, 4.69) is 44.0 Å². The van der Waals surface area contributed by atoms with Crippen molar-refractivity contribution in [3.8, 4) is 11.3 Å². The van der Waals surface area contributed by atoms with Gasteiger partial charge in [-0.1, -0.05) is 12.1 Å². The van der Waals surface area contributed by atoms with E-state index < -0.39 is 5.82 Å². The van der Waals surface area contributed by atoms with E-state index in [1.807, 2.05) is 14.1 Å². The van der Waals surface area contributed by atoms with Crippen LogP contribution in [-0.2, 0) is 7.05 Å². The van der Waals surface area contributed by atoms with Crippen molar-refractivity contribution >= 4 is 11.6 Å². The summed E-state index contributed by atoms with van der Waals surface area (Å²) >= 11 is 0. The molecule has 0 amide bonds. The lowest BCUT2D eigenvalue weighted by Crippen LogP contribution is -2.38. The first-order valence-electron chi connectivity index (χ1n) is 10.1. The van der Waals surface area contributed by atoms with Crippen LogP contribution in [0.3, 0.4) is 0 Å². The Morgan fingerprint density at radius 1 is 1.17 bits per heavy atom. The summed E-state index contributed by atoms with van der Waals surface area (Å²) in [5, 5.41) is 0. The van der Waals surface area contributed by atoms with Crippen molar-refractivity contribution in [2.45, 2.75) is 18.8 Å². The molecule has 0 spiro atoms. The summed E-state index contributed by atoms with van der Waals surface area (Å²) in [5.41, 5.74) is 2.88. The fourth-order valence-corrected chi connectivity index (χ4v) is 4.01. The van der Waals surface area contributed by atoms with Crippen LogP contribution in [0, 0.1) is 5.82 Å². The molecule has 1 aromatic carbocycles. The second-order valence-corrected chi connectivity index (χ2v) is 7.97. The van der Waals surface area contributed by atoms with Gasteiger partial charge in [-0.15, -0.1) is 0 Å². The topological polar surface area (TPSA) is 54.3 Å². The molecule has 6 nitrogen and oxygen atoms in total. The predicted octanol–water partition coefficient (Wildman–Crippen LogP) is 3.43. The number of rotatable bonds is 4. The van der Waals surface area contributed by atoms with E-state index in [9.17, 15) is 9.18 Å². The molecular weight excluding hydrogens is 381 g/mol. The second-order valence-electron chi connectivity index (χ2n) is 7.97. The Kier molecular flexibility index (Phi) is 5.53. The minimum Gasteiger partial charge on any atom is -0.378 e. The van der Waals surface area contributed by atoms with E-state index in [4.69, 9.17) is 0 Å². The third-order valence-electron chi connectivity index (χ3n) is 5.74. The first-order chi connectivity index (χ1) is 14.4. The smallest absolute Gasteiger partial charge is 0.255 e. The molecule has 0 radical (unpaired) electrons. The lowest BCUT2D eigenvalue weighted by atomic mass is 9.90. The van der Waals surface area contributed by atoms with Crippen molar-refractivity contribution < 1.29 is 4.39 Å². The van der Waals surface area contributed by atoms with Crippen LogP contribution in [-0.4, -0.2) is 41.7 Å². The molecule has 0 aliphatic carbocycles. The fraction of sp³-hybridized carbons (Fsp3) is 0.348. The third kappa shape index (κ3) is 3.92. The average Bonchev–Trinajstić information content (AvgIpc) is 2.76. The largest absolute Gasteiger partial charge is 0.378 e. The first-order valence-corrected chi connectivity index (χ1v) is 10.1. The number of pyridine rings is 1. The van der Waals surface area contributed by atoms with Gasteiger partial charge in [-0.2, -0.15) is 0 Å². The molecule has 3 heterocycles. The highest BCUT2D eigenvalue weighted by Gasteiger charge is 2.25. The van der Waals surface area contributed by atoms with E-state index in [0.717, 1.165) is 32.1 Å². The Hall–Kier alpha value is -3.22. The Morgan fingerprint density at radius 3 is 2.63 bits per heavy atom. The third-order valence-corrected chi connectivity index (χ3v) is 5.74. The molecule has 156 valence electrons. The minimum absolute atomic E-state index is 0.205. The van der Waals surface area contributed by atoms with Crippen molar-refractivity contribution in [1.29, 1.82) is 0 Å². The number of hydrogen-bond donors (Lipinski definition) is 0. The minimum atomic E-state index is -0.485. The normalized spacial score (nSPS) is 16.5. The number of hydrogen-bond acceptors (Lipinski definition) is 5. The molecule has 0 bridgehead atoms. The molecule has 0 N–H and O–H groups in total. The van der Waals surface area contributed by atoms with E-state index >= 15 is 0 Å². The Bertz CT molecular complexity index is 1090. The maximum absolute atomic E-state index is 14.2. The number of aromatic nitrogens is 3. The lowest BCUT2D eigenvalue weighted by Gasteiger charge is -2.34. The highest BCUT2D eigenvalue weighted by Crippen LogP contribution is 2.30. The van der Waals surface area contributed by atoms with Gasteiger partial charge in [-0.05, 0) is 36.6 Å². The van der Waals surface area contributed by atoms with Gasteiger partial charge in [0.15, 0.2) is 5.82 Å². The van der Waals surface area contributed by atoms with Crippen LogP contribution in [0.2, 0.25) is 0 Å². The van der Waals surface area contributed by atoms with Crippen LogP contribution in [0.4, 0.5) is 16.0 Å². The molecule has 4 rings (SSSR count). The highest BCUT2D eigenvalue weighted by atomic mass is 19.1. The molecule has 1 aliphatic heterocycles. The van der Waals surface area contributed by atoms with Gasteiger partial charge < -0.3 is 9.80 Å². The quantitative estimate of drug-likeness (QED) is 0.663. The molecule has 1 atom stereocenters. The van der Waals surface area contributed by atoms with Crippen LogP contribution in [0.5, 0.6) is 0 Å². The molecule has 2 aromatic heterocycles. The van der Waals surface area contributed by atoms with Crippen LogP contribution < -0.4 is 15.4 Å². The molecule has 3 aromatic rings. The van der Waals surface area contributed by atoms with Gasteiger partial charge >= 0.3 is 0 Å². The van der Waals surface area contributed by atoms with Crippen LogP contribution in [0.25, 0.3) is 11.3 Å². The summed E-state index contributed by atoms with van der Waals surface area (Å²) in [4.78, 5) is 25.3. The maximum atomic E-state index is 14.2. The van der Waals surface area contributed by atoms with Gasteiger partial charge in [0.05, 0.1) is 11.9 Å². The Labute approximate surface area is 175 Å². The standard InChI is InChI=1S/C23H26FN5O/c1-27(2)18-8-6-16(7-9-18)17-5-4-12-29(15-17)23-26-21(13-22(30)28(23)3)19-10-11-25-14-20(19)24/h6-11,13-14,17H,4-5,12,15H2,1-3H3. The van der Waals surface area contributed by atoms with Crippen LogP contribution in [0.15, 0.2) is 53.6 Å². The Balaban J connectivity index is 1.65. The first kappa shape index (κ1) is 20.1. The van der Waals surface area contributed by atoms with Gasteiger partial charge in [0.25, 0.3) is 5.56 Å². The zero-order valence-corrected chi connectivity index (χ0v) is 17.5. The van der Waals surface area contributed by atoms with Crippen LogP contribution >= 0.6 is 0 Å². The summed E-state index contributed by atoms with van der Waals surface area (Å²) in [5.74, 6) is 0.443. The molecule has 1 saturated heterocycles. The molecule has 0 saturated carbocycles. The van der Waals surface area contributed by atoms with Crippen molar-refractivity contribution in [2.75, 3.05) is 37.0 Å². The van der Waals surface area contributed by atoms with Crippen molar-refractivity contribution in [3.05, 3.63) is 70.5 Å². The fourth-order valence-electron chi connectivity index (χ4n) is 4.01. The van der Waals surface area contributed by atoms with Crippen molar-refractivity contribution in [1.82, 2.24) is 14.5 Å². The van der Waals surface area contributed by atoms with E-state index in [-0.39, 0.29) is 11.1 Å². The summed E-state index contributed by atoms with van der Waals surface area (Å²) in [6, 6.07) is 11.6. The zero-order valence-electron chi connectivity index (χ0n) is 17.5. The van der Waals surface area contributed by atoms with Gasteiger partial charge in [-0.3, -0.25) is 14.3 Å². The number of benzene rings is 1. The van der Waals surface area contributed by atoms with Gasteiger partial charge in [-0.25, -0.2) is 9.37 Å². The number of piperidine rings is 1. The van der Waals surface area contributed by atoms with Crippen molar-refractivity contribution in [2.24, 2.45) is 7.05 Å². The average molecular weight is 407 g/mol. The van der Waals surface area contributed by atoms with Crippen molar-refractivity contribution in [3.63, 3.8) is 0 Å². The molecule has 1 aliphatic rings. The van der Waals surface area contributed by atoms with Crippen LogP contribution in [0.1, 0.15) is 24.3 Å². The number of nitrogens with zero attached hydrogens (tertiary/aromatic N) is 5. The van der Waals surface area contributed by atoms with E-state index in [1.165, 1.54) is 23.5 Å². The number of anilines is 2. The van der Waals surface area contributed by atoms with Gasteiger partial charge in [0, 0.05) is 63.7 Å². The lowest BCUT2D eigenvalue weighted by molar-refractivity contribution is 0.497. The van der Waals surface area contributed by atoms with Gasteiger partial charge in [0.2, 0.25) is 5.95 Å². The zero-order chi connectivity index (χ0) is 21.3. The summed E-state index contributed by atoms with van der Waals surface area (Å²) in [6.45, 7) is 1.58. The van der Waals surface area contributed by atoms with E-state index in [1.54, 1.807) is 17.7 Å². The van der Waals surface area contributed by atoms with E-state index in [0.29, 0.717) is 17.6 Å². The monoisotopic (exact) mass is 407 g/mol. The molecular formula is C23H26FN5O. The second kappa shape index (κ2) is 8.26. The Morgan fingerprint density at radius 2 is 1.93 bits per heavy atom. The SMILES string of the molecule is CN(C)c1ccc(C2CCCN(c3nc(-c4ccncc4F)cc(=O)n3C)C2)cc1. The number of halogens is 1. The summed E-state index contributed by atoms with van der Waals surface area (Å²) in [6.07, 6.45) is 4.74. The van der Waals surface area contributed by atoms with Gasteiger partial charge in [0.1, 0.15) is 0 Å². The summed E-state index contributed by atoms with van der Waals surface area (Å²) < 4.78 is 15.8. The molecule has 1 fully saturated rings. The maximum Gasteiger partial charge on any atom is 0.255 e. The highest BCUT2D eigenvalue weighted by molar-refractivity contribution is 5.60. The summed E-state index contributed by atoms with van der Waals surface area (Å²) in [7, 11) is 5.77. The molecule has 1 unspecified atom stereocenters. The molecule has 7 heteroatoms. The molecule has 30 heavy (non-hydrogen) atoms.